The van der Waals surface area contributed by atoms with Crippen molar-refractivity contribution in [2.45, 2.75) is 12.5 Å². The smallest absolute Gasteiger partial charge is 0.326 e. The minimum atomic E-state index is -1.16. The summed E-state index contributed by atoms with van der Waals surface area (Å²) in [4.78, 5) is 23.4. The monoisotopic (exact) mass is 321 g/mol. The van der Waals surface area contributed by atoms with Crippen LogP contribution >= 0.6 is 11.6 Å². The van der Waals surface area contributed by atoms with Gasteiger partial charge in [-0.3, -0.25) is 4.79 Å². The molecule has 0 aliphatic carbocycles. The molecular weight excluding hydrogens is 309 g/mol. The van der Waals surface area contributed by atoms with E-state index in [9.17, 15) is 19.1 Å². The molecule has 0 unspecified atom stereocenters. The van der Waals surface area contributed by atoms with Gasteiger partial charge in [0.2, 0.25) is 0 Å². The van der Waals surface area contributed by atoms with Gasteiger partial charge < -0.3 is 10.4 Å². The van der Waals surface area contributed by atoms with Crippen LogP contribution in [-0.4, -0.2) is 22.9 Å². The van der Waals surface area contributed by atoms with Crippen molar-refractivity contribution in [3.8, 4) is 0 Å². The number of hydrogen-bond donors (Lipinski definition) is 2. The van der Waals surface area contributed by atoms with E-state index in [1.807, 2.05) is 0 Å². The average Bonchev–Trinajstić information content (AvgIpc) is 2.49. The lowest BCUT2D eigenvalue weighted by atomic mass is 10.0. The third-order valence-corrected chi connectivity index (χ3v) is 3.29. The molecule has 2 aromatic carbocycles. The molecule has 0 fully saturated rings. The van der Waals surface area contributed by atoms with Crippen molar-refractivity contribution in [3.63, 3.8) is 0 Å². The highest BCUT2D eigenvalue weighted by atomic mass is 35.5. The number of rotatable bonds is 6. The van der Waals surface area contributed by atoms with E-state index in [0.29, 0.717) is 16.3 Å². The van der Waals surface area contributed by atoms with Gasteiger partial charge in [-0.05, 0) is 48.5 Å². The molecule has 0 spiro atoms. The fourth-order valence-electron chi connectivity index (χ4n) is 1.89. The minimum absolute atomic E-state index is 0.228. The van der Waals surface area contributed by atoms with Gasteiger partial charge in [-0.2, -0.15) is 0 Å². The highest BCUT2D eigenvalue weighted by molar-refractivity contribution is 6.30. The summed E-state index contributed by atoms with van der Waals surface area (Å²) in [7, 11) is 0. The fourth-order valence-corrected chi connectivity index (χ4v) is 2.01. The number of halogens is 2. The normalized spacial score (nSPS) is 11.7. The maximum atomic E-state index is 12.8. The Kier molecular flexibility index (Phi) is 5.12. The van der Waals surface area contributed by atoms with Crippen LogP contribution in [0.5, 0.6) is 0 Å². The second kappa shape index (κ2) is 7.04. The molecule has 4 nitrogen and oxygen atoms in total. The first-order valence-electron chi connectivity index (χ1n) is 6.49. The lowest BCUT2D eigenvalue weighted by Gasteiger charge is -2.15. The maximum Gasteiger partial charge on any atom is 0.326 e. The van der Waals surface area contributed by atoms with Crippen LogP contribution in [0.2, 0.25) is 5.02 Å². The molecule has 6 heteroatoms. The van der Waals surface area contributed by atoms with E-state index in [2.05, 4.69) is 5.32 Å². The van der Waals surface area contributed by atoms with Crippen LogP contribution in [0.3, 0.4) is 0 Å². The summed E-state index contributed by atoms with van der Waals surface area (Å²) in [6.07, 6.45) is -0.228. The van der Waals surface area contributed by atoms with Crippen molar-refractivity contribution in [2.75, 3.05) is 5.32 Å². The summed E-state index contributed by atoms with van der Waals surface area (Å²) in [5, 5.41) is 12.4. The van der Waals surface area contributed by atoms with Crippen molar-refractivity contribution < 1.29 is 19.1 Å². The van der Waals surface area contributed by atoms with Gasteiger partial charge in [0.1, 0.15) is 11.9 Å². The van der Waals surface area contributed by atoms with Crippen molar-refractivity contribution >= 4 is 29.0 Å². The van der Waals surface area contributed by atoms with Gasteiger partial charge in [0, 0.05) is 22.7 Å². The van der Waals surface area contributed by atoms with E-state index in [4.69, 9.17) is 11.6 Å². The first kappa shape index (κ1) is 16.0. The van der Waals surface area contributed by atoms with E-state index >= 15 is 0 Å². The molecule has 1 atom stereocenters. The summed E-state index contributed by atoms with van der Waals surface area (Å²) >= 11 is 5.74. The van der Waals surface area contributed by atoms with Crippen molar-refractivity contribution in [2.24, 2.45) is 0 Å². The summed E-state index contributed by atoms with van der Waals surface area (Å²) in [5.74, 6) is -1.90. The number of nitrogens with one attached hydrogen (secondary N) is 1. The second-order valence-electron chi connectivity index (χ2n) is 4.68. The highest BCUT2D eigenvalue weighted by Gasteiger charge is 2.22. The molecule has 22 heavy (non-hydrogen) atoms. The Morgan fingerprint density at radius 3 is 2.23 bits per heavy atom. The third kappa shape index (κ3) is 4.30. The molecule has 114 valence electrons. The Bertz CT molecular complexity index is 671. The second-order valence-corrected chi connectivity index (χ2v) is 5.11. The fraction of sp³-hybridized carbons (Fsp3) is 0.125. The number of carboxylic acid groups (broad SMARTS) is 1. The number of carbonyl (C=O) groups is 2. The molecule has 2 N–H and O–H groups in total. The van der Waals surface area contributed by atoms with E-state index in [-0.39, 0.29) is 12.2 Å². The van der Waals surface area contributed by atoms with Crippen LogP contribution in [0, 0.1) is 5.82 Å². The summed E-state index contributed by atoms with van der Waals surface area (Å²) in [6, 6.07) is 10.4. The summed E-state index contributed by atoms with van der Waals surface area (Å²) in [5.41, 5.74) is 0.814. The molecule has 2 rings (SSSR count). The van der Waals surface area contributed by atoms with Gasteiger partial charge in [0.05, 0.1) is 0 Å². The maximum absolute atomic E-state index is 12.8. The van der Waals surface area contributed by atoms with Crippen LogP contribution in [0.4, 0.5) is 10.1 Å². The van der Waals surface area contributed by atoms with Crippen molar-refractivity contribution in [1.29, 1.82) is 0 Å². The SMILES string of the molecule is O=C(C[C@H](Nc1ccc(F)cc1)C(=O)O)c1ccc(Cl)cc1. The molecule has 0 aliphatic heterocycles. The quantitative estimate of drug-likeness (QED) is 0.798. The largest absolute Gasteiger partial charge is 0.480 e. The lowest BCUT2D eigenvalue weighted by molar-refractivity contribution is -0.137. The van der Waals surface area contributed by atoms with Crippen LogP contribution in [0.15, 0.2) is 48.5 Å². The topological polar surface area (TPSA) is 66.4 Å². The average molecular weight is 322 g/mol. The molecular formula is C16H13ClFNO3. The van der Waals surface area contributed by atoms with E-state index in [1.165, 1.54) is 24.3 Å². The number of Topliss-reactive ketones (excluding diaryl/α,β-unsaturated/α-hetero) is 1. The first-order valence-corrected chi connectivity index (χ1v) is 6.87. The molecule has 0 amide bonds. The number of ketones is 1. The van der Waals surface area contributed by atoms with Crippen LogP contribution in [0.25, 0.3) is 0 Å². The van der Waals surface area contributed by atoms with Crippen molar-refractivity contribution in [1.82, 2.24) is 0 Å². The predicted molar refractivity (Wildman–Crippen MR) is 81.8 cm³/mol. The van der Waals surface area contributed by atoms with Gasteiger partial charge >= 0.3 is 5.97 Å². The van der Waals surface area contributed by atoms with Gasteiger partial charge in [-0.15, -0.1) is 0 Å². The van der Waals surface area contributed by atoms with Gasteiger partial charge in [-0.1, -0.05) is 11.6 Å². The number of hydrogen-bond acceptors (Lipinski definition) is 3. The van der Waals surface area contributed by atoms with Crippen LogP contribution in [0.1, 0.15) is 16.8 Å². The lowest BCUT2D eigenvalue weighted by Crippen LogP contribution is -2.31. The molecule has 0 aliphatic rings. The number of aliphatic carboxylic acids is 1. The Morgan fingerprint density at radius 2 is 1.68 bits per heavy atom. The molecule has 0 heterocycles. The number of anilines is 1. The first-order chi connectivity index (χ1) is 10.5. The van der Waals surface area contributed by atoms with Gasteiger partial charge in [0.25, 0.3) is 0 Å². The van der Waals surface area contributed by atoms with Crippen molar-refractivity contribution in [3.05, 3.63) is 64.9 Å². The highest BCUT2D eigenvalue weighted by Crippen LogP contribution is 2.15. The summed E-state index contributed by atoms with van der Waals surface area (Å²) in [6.45, 7) is 0. The molecule has 0 bridgehead atoms. The van der Waals surface area contributed by atoms with Gasteiger partial charge in [0.15, 0.2) is 5.78 Å². The third-order valence-electron chi connectivity index (χ3n) is 3.04. The molecule has 0 saturated heterocycles. The number of carbonyl (C=O) groups excluding carboxylic acids is 1. The molecule has 0 aromatic heterocycles. The molecule has 2 aromatic rings. The van der Waals surface area contributed by atoms with E-state index in [0.717, 1.165) is 0 Å². The van der Waals surface area contributed by atoms with E-state index < -0.39 is 17.8 Å². The van der Waals surface area contributed by atoms with Gasteiger partial charge in [-0.25, -0.2) is 9.18 Å². The van der Waals surface area contributed by atoms with Crippen LogP contribution < -0.4 is 5.32 Å². The summed E-state index contributed by atoms with van der Waals surface area (Å²) < 4.78 is 12.8. The zero-order chi connectivity index (χ0) is 16.1. The molecule has 0 radical (unpaired) electrons. The standard InChI is InChI=1S/C16H13ClFNO3/c17-11-3-1-10(2-4-11)15(20)9-14(16(21)22)19-13-7-5-12(18)6-8-13/h1-8,14,19H,9H2,(H,21,22)/t14-/m0/s1. The Labute approximate surface area is 131 Å². The number of benzene rings is 2. The minimum Gasteiger partial charge on any atom is -0.480 e. The predicted octanol–water partition coefficient (Wildman–Crippen LogP) is 3.62. The Hall–Kier alpha value is -2.40. The zero-order valence-corrected chi connectivity index (χ0v) is 12.2. The van der Waals surface area contributed by atoms with Crippen LogP contribution in [-0.2, 0) is 4.79 Å². The Balaban J connectivity index is 2.08. The Morgan fingerprint density at radius 1 is 1.09 bits per heavy atom. The molecule has 0 saturated carbocycles. The number of carboxylic acids is 1. The zero-order valence-electron chi connectivity index (χ0n) is 11.4. The van der Waals surface area contributed by atoms with E-state index in [1.54, 1.807) is 24.3 Å².